The van der Waals surface area contributed by atoms with Crippen LogP contribution >= 0.6 is 11.3 Å². The minimum Gasteiger partial charge on any atom is -0.387 e. The molecule has 21 heavy (non-hydrogen) atoms. The first-order chi connectivity index (χ1) is 10.1. The number of rotatable bonds is 7. The molecule has 1 aromatic carbocycles. The predicted molar refractivity (Wildman–Crippen MR) is 83.5 cm³/mol. The number of hydrogen-bond acceptors (Lipinski definition) is 5. The number of nitro groups is 1. The van der Waals surface area contributed by atoms with Crippen molar-refractivity contribution in [3.05, 3.63) is 62.3 Å². The van der Waals surface area contributed by atoms with Crippen molar-refractivity contribution in [2.75, 3.05) is 6.54 Å². The van der Waals surface area contributed by atoms with Crippen LogP contribution in [-0.2, 0) is 6.42 Å². The summed E-state index contributed by atoms with van der Waals surface area (Å²) in [4.78, 5) is 11.4. The Morgan fingerprint density at radius 1 is 1.33 bits per heavy atom. The molecular formula is C15H18N2O3S. The van der Waals surface area contributed by atoms with E-state index in [1.54, 1.807) is 23.5 Å². The predicted octanol–water partition coefficient (Wildman–Crippen LogP) is 2.91. The lowest BCUT2D eigenvalue weighted by Gasteiger charge is -2.17. The van der Waals surface area contributed by atoms with Crippen molar-refractivity contribution in [2.45, 2.75) is 25.5 Å². The zero-order valence-electron chi connectivity index (χ0n) is 11.7. The number of aliphatic hydroxyl groups is 1. The van der Waals surface area contributed by atoms with Gasteiger partial charge in [0.05, 0.1) is 11.0 Å². The van der Waals surface area contributed by atoms with E-state index in [1.165, 1.54) is 17.0 Å². The number of benzene rings is 1. The molecule has 0 bridgehead atoms. The van der Waals surface area contributed by atoms with Gasteiger partial charge < -0.3 is 10.4 Å². The van der Waals surface area contributed by atoms with Crippen LogP contribution in [0.3, 0.4) is 0 Å². The zero-order valence-corrected chi connectivity index (χ0v) is 12.5. The molecule has 0 amide bonds. The molecule has 1 heterocycles. The van der Waals surface area contributed by atoms with Gasteiger partial charge in [-0.25, -0.2) is 0 Å². The Morgan fingerprint density at radius 3 is 2.62 bits per heavy atom. The minimum atomic E-state index is -0.670. The molecule has 0 fully saturated rings. The van der Waals surface area contributed by atoms with Gasteiger partial charge in [-0.15, -0.1) is 11.3 Å². The maximum absolute atomic E-state index is 10.6. The van der Waals surface area contributed by atoms with Gasteiger partial charge in [0.25, 0.3) is 5.69 Å². The summed E-state index contributed by atoms with van der Waals surface area (Å²) in [5, 5.41) is 26.0. The fraction of sp³-hybridized carbons (Fsp3) is 0.333. The molecule has 112 valence electrons. The standard InChI is InChI=1S/C15H18N2O3S/c1-11(9-14-3-2-8-21-14)16-10-15(18)12-4-6-13(7-5-12)17(19)20/h2-8,11,15-16,18H,9-10H2,1H3. The van der Waals surface area contributed by atoms with Crippen molar-refractivity contribution in [1.29, 1.82) is 0 Å². The second-order valence-electron chi connectivity index (χ2n) is 4.96. The van der Waals surface area contributed by atoms with Crippen LogP contribution < -0.4 is 5.32 Å². The summed E-state index contributed by atoms with van der Waals surface area (Å²) in [5.74, 6) is 0. The van der Waals surface area contributed by atoms with Crippen LogP contribution in [0.4, 0.5) is 5.69 Å². The van der Waals surface area contributed by atoms with Gasteiger partial charge in [0.1, 0.15) is 0 Å². The van der Waals surface area contributed by atoms with Gasteiger partial charge in [-0.05, 0) is 42.5 Å². The van der Waals surface area contributed by atoms with Gasteiger partial charge in [-0.3, -0.25) is 10.1 Å². The maximum atomic E-state index is 10.6. The molecule has 0 aliphatic rings. The van der Waals surface area contributed by atoms with Gasteiger partial charge in [-0.2, -0.15) is 0 Å². The highest BCUT2D eigenvalue weighted by Crippen LogP contribution is 2.17. The Morgan fingerprint density at radius 2 is 2.05 bits per heavy atom. The van der Waals surface area contributed by atoms with Gasteiger partial charge in [0.2, 0.25) is 0 Å². The van der Waals surface area contributed by atoms with Crippen molar-refractivity contribution in [3.63, 3.8) is 0 Å². The number of hydrogen-bond donors (Lipinski definition) is 2. The maximum Gasteiger partial charge on any atom is 0.269 e. The summed E-state index contributed by atoms with van der Waals surface area (Å²) in [6, 6.07) is 10.4. The molecule has 2 atom stereocenters. The summed E-state index contributed by atoms with van der Waals surface area (Å²) in [6.45, 7) is 2.49. The Labute approximate surface area is 127 Å². The van der Waals surface area contributed by atoms with Gasteiger partial charge in [0, 0.05) is 29.6 Å². The van der Waals surface area contributed by atoms with Gasteiger partial charge in [0.15, 0.2) is 0 Å². The molecule has 1 aromatic heterocycles. The highest BCUT2D eigenvalue weighted by molar-refractivity contribution is 7.09. The zero-order chi connectivity index (χ0) is 15.2. The van der Waals surface area contributed by atoms with E-state index in [-0.39, 0.29) is 11.7 Å². The molecule has 0 aliphatic heterocycles. The Bertz CT molecular complexity index is 569. The van der Waals surface area contributed by atoms with Crippen LogP contribution in [0, 0.1) is 10.1 Å². The highest BCUT2D eigenvalue weighted by Gasteiger charge is 2.12. The van der Waals surface area contributed by atoms with Crippen molar-refractivity contribution < 1.29 is 10.0 Å². The van der Waals surface area contributed by atoms with E-state index in [4.69, 9.17) is 0 Å². The number of nitrogens with one attached hydrogen (secondary N) is 1. The summed E-state index contributed by atoms with van der Waals surface area (Å²) in [6.07, 6.45) is 0.251. The van der Waals surface area contributed by atoms with Crippen LogP contribution in [0.25, 0.3) is 0 Å². The van der Waals surface area contributed by atoms with E-state index >= 15 is 0 Å². The molecule has 5 nitrogen and oxygen atoms in total. The average molecular weight is 306 g/mol. The lowest BCUT2D eigenvalue weighted by molar-refractivity contribution is -0.384. The third-order valence-electron chi connectivity index (χ3n) is 3.24. The molecule has 6 heteroatoms. The number of non-ortho nitro benzene ring substituents is 1. The van der Waals surface area contributed by atoms with Crippen molar-refractivity contribution in [3.8, 4) is 0 Å². The quantitative estimate of drug-likeness (QED) is 0.609. The summed E-state index contributed by atoms with van der Waals surface area (Å²) >= 11 is 1.72. The van der Waals surface area contributed by atoms with E-state index in [1.807, 2.05) is 11.4 Å². The molecule has 0 saturated heterocycles. The van der Waals surface area contributed by atoms with E-state index in [0.29, 0.717) is 12.1 Å². The molecular weight excluding hydrogens is 288 g/mol. The third-order valence-corrected chi connectivity index (χ3v) is 4.13. The SMILES string of the molecule is CC(Cc1cccs1)NCC(O)c1ccc([N+](=O)[O-])cc1. The number of nitrogens with zero attached hydrogens (tertiary/aromatic N) is 1. The second kappa shape index (κ2) is 7.31. The highest BCUT2D eigenvalue weighted by atomic mass is 32.1. The molecule has 2 unspecified atom stereocenters. The monoisotopic (exact) mass is 306 g/mol. The van der Waals surface area contributed by atoms with E-state index in [2.05, 4.69) is 18.3 Å². The molecule has 2 N–H and O–H groups in total. The Balaban J connectivity index is 1.83. The lowest BCUT2D eigenvalue weighted by Crippen LogP contribution is -2.31. The summed E-state index contributed by atoms with van der Waals surface area (Å²) in [5.41, 5.74) is 0.710. The fourth-order valence-electron chi connectivity index (χ4n) is 2.05. The van der Waals surface area contributed by atoms with Gasteiger partial charge in [-0.1, -0.05) is 6.07 Å². The minimum absolute atomic E-state index is 0.0324. The first kappa shape index (κ1) is 15.6. The smallest absolute Gasteiger partial charge is 0.269 e. The Kier molecular flexibility index (Phi) is 5.44. The summed E-state index contributed by atoms with van der Waals surface area (Å²) < 4.78 is 0. The number of aliphatic hydroxyl groups excluding tert-OH is 1. The van der Waals surface area contributed by atoms with Crippen LogP contribution in [0.1, 0.15) is 23.5 Å². The van der Waals surface area contributed by atoms with Crippen molar-refractivity contribution in [1.82, 2.24) is 5.32 Å². The second-order valence-corrected chi connectivity index (χ2v) is 5.99. The lowest BCUT2D eigenvalue weighted by atomic mass is 10.1. The van der Waals surface area contributed by atoms with E-state index in [0.717, 1.165) is 6.42 Å². The summed E-state index contributed by atoms with van der Waals surface area (Å²) in [7, 11) is 0. The van der Waals surface area contributed by atoms with Crippen LogP contribution in [-0.4, -0.2) is 22.6 Å². The molecule has 0 spiro atoms. The third kappa shape index (κ3) is 4.63. The van der Waals surface area contributed by atoms with Crippen molar-refractivity contribution >= 4 is 17.0 Å². The largest absolute Gasteiger partial charge is 0.387 e. The van der Waals surface area contributed by atoms with Crippen LogP contribution in [0.15, 0.2) is 41.8 Å². The molecule has 2 rings (SSSR count). The normalized spacial score (nSPS) is 13.8. The van der Waals surface area contributed by atoms with Crippen LogP contribution in [0.2, 0.25) is 0 Å². The molecule has 0 saturated carbocycles. The van der Waals surface area contributed by atoms with Crippen LogP contribution in [0.5, 0.6) is 0 Å². The first-order valence-electron chi connectivity index (χ1n) is 6.74. The van der Waals surface area contributed by atoms with Gasteiger partial charge >= 0.3 is 0 Å². The topological polar surface area (TPSA) is 75.4 Å². The average Bonchev–Trinajstić information content (AvgIpc) is 2.97. The molecule has 0 aliphatic carbocycles. The van der Waals surface area contributed by atoms with E-state index in [9.17, 15) is 15.2 Å². The Hall–Kier alpha value is -1.76. The first-order valence-corrected chi connectivity index (χ1v) is 7.62. The number of thiophene rings is 1. The molecule has 0 radical (unpaired) electrons. The fourth-order valence-corrected chi connectivity index (χ4v) is 2.89. The van der Waals surface area contributed by atoms with Crippen molar-refractivity contribution in [2.24, 2.45) is 0 Å². The number of nitro benzene ring substituents is 1. The van der Waals surface area contributed by atoms with E-state index < -0.39 is 11.0 Å². The molecule has 2 aromatic rings.